The molecule has 0 N–H and O–H groups in total. The summed E-state index contributed by atoms with van der Waals surface area (Å²) in [5.74, 6) is 4.51. The van der Waals surface area contributed by atoms with Crippen LogP contribution >= 0.6 is 0 Å². The van der Waals surface area contributed by atoms with Crippen molar-refractivity contribution in [3.63, 3.8) is 0 Å². The number of allylic oxidation sites excluding steroid dienone is 1. The van der Waals surface area contributed by atoms with E-state index in [1.54, 1.807) is 0 Å². The molecular weight excluding hydrogens is 344 g/mol. The molecule has 4 saturated carbocycles. The van der Waals surface area contributed by atoms with Gasteiger partial charge in [0.15, 0.2) is 0 Å². The number of ether oxygens (including phenoxy) is 1. The quantitative estimate of drug-likeness (QED) is 0.380. The number of fused-ring (bicyclic) bond motifs is 1. The number of hydrogen-bond acceptors (Lipinski definition) is 2. The Morgan fingerprint density at radius 3 is 2.25 bits per heavy atom. The van der Waals surface area contributed by atoms with E-state index in [-0.39, 0.29) is 27.6 Å². The predicted octanol–water partition coefficient (Wildman–Crippen LogP) is 5.97. The molecule has 1 spiro atoms. The van der Waals surface area contributed by atoms with E-state index in [1.165, 1.54) is 18.4 Å². The minimum atomic E-state index is -0.343. The van der Waals surface area contributed by atoms with E-state index in [2.05, 4.69) is 62.0 Å². The van der Waals surface area contributed by atoms with Crippen molar-refractivity contribution in [2.45, 2.75) is 68.2 Å². The molecule has 1 saturated heterocycles. The molecule has 0 aromatic carbocycles. The largest absolute Gasteiger partial charge is 0.465 e. The van der Waals surface area contributed by atoms with Crippen molar-refractivity contribution >= 4 is 5.97 Å². The highest BCUT2D eigenvalue weighted by Crippen LogP contribution is 2.84. The molecule has 156 valence electrons. The Kier molecular flexibility index (Phi) is 3.49. The predicted molar refractivity (Wildman–Crippen MR) is 112 cm³/mol. The maximum Gasteiger partial charge on any atom is 0.312 e. The summed E-state index contributed by atoms with van der Waals surface area (Å²) in [4.78, 5) is 13.3. The van der Waals surface area contributed by atoms with Crippen LogP contribution in [0.2, 0.25) is 0 Å². The molecule has 1 aliphatic heterocycles. The standard InChI is InChI=1S/C26H40O2/c1-13-10-25-12-28-22(27)24(9,15(13)3)21(25)19(7)26-11-23(8,17(5)18(26)6)16(4)14(2)20(25)26/h13-16,18-21H,5,10-12H2,1-4,6-9H3/t13?,14?,15?,16?,18-,19+,20?,21?,23+,24-,25-,26+/m1/s1. The third-order valence-electron chi connectivity index (χ3n) is 12.3. The van der Waals surface area contributed by atoms with Crippen molar-refractivity contribution in [1.82, 2.24) is 0 Å². The van der Waals surface area contributed by atoms with Crippen molar-refractivity contribution in [1.29, 1.82) is 0 Å². The lowest BCUT2D eigenvalue weighted by Crippen LogP contribution is -2.63. The molecule has 6 unspecified atom stereocenters. The number of hydrogen-bond donors (Lipinski definition) is 0. The number of cyclic esters (lactones) is 1. The second-order valence-corrected chi connectivity index (χ2v) is 12.4. The fraction of sp³-hybridized carbons (Fsp3) is 0.885. The summed E-state index contributed by atoms with van der Waals surface area (Å²) in [6, 6.07) is 0. The Balaban J connectivity index is 1.80. The Labute approximate surface area is 171 Å². The number of carbonyl (C=O) groups excluding carboxylic acids is 1. The molecular formula is C26H40O2. The lowest BCUT2D eigenvalue weighted by atomic mass is 9.44. The summed E-state index contributed by atoms with van der Waals surface area (Å²) in [6.07, 6.45) is 2.49. The first-order chi connectivity index (χ1) is 12.9. The Hall–Kier alpha value is -0.790. The molecule has 1 heterocycles. The Morgan fingerprint density at radius 2 is 1.61 bits per heavy atom. The zero-order chi connectivity index (χ0) is 20.6. The Bertz CT molecular complexity index is 770. The number of rotatable bonds is 0. The number of carbonyl (C=O) groups is 1. The van der Waals surface area contributed by atoms with Gasteiger partial charge in [0.2, 0.25) is 0 Å². The normalized spacial score (nSPS) is 65.0. The summed E-state index contributed by atoms with van der Waals surface area (Å²) < 4.78 is 6.08. The van der Waals surface area contributed by atoms with Gasteiger partial charge < -0.3 is 4.74 Å². The third kappa shape index (κ3) is 1.60. The van der Waals surface area contributed by atoms with E-state index in [9.17, 15) is 4.79 Å². The van der Waals surface area contributed by atoms with Crippen molar-refractivity contribution in [3.8, 4) is 0 Å². The van der Waals surface area contributed by atoms with Crippen LogP contribution in [0.15, 0.2) is 12.2 Å². The lowest BCUT2D eigenvalue weighted by molar-refractivity contribution is -0.220. The van der Waals surface area contributed by atoms with Gasteiger partial charge in [0.25, 0.3) is 0 Å². The van der Waals surface area contributed by atoms with Gasteiger partial charge in [-0.15, -0.1) is 0 Å². The van der Waals surface area contributed by atoms with E-state index in [0.29, 0.717) is 54.0 Å². The van der Waals surface area contributed by atoms with E-state index < -0.39 is 0 Å². The van der Waals surface area contributed by atoms with E-state index in [0.717, 1.165) is 0 Å². The molecule has 4 bridgehead atoms. The molecule has 0 amide bonds. The zero-order valence-corrected chi connectivity index (χ0v) is 19.3. The second kappa shape index (κ2) is 5.09. The average molecular weight is 385 g/mol. The highest BCUT2D eigenvalue weighted by Gasteiger charge is 2.81. The number of esters is 1. The van der Waals surface area contributed by atoms with E-state index in [1.807, 2.05) is 0 Å². The third-order valence-corrected chi connectivity index (χ3v) is 12.3. The first-order valence-corrected chi connectivity index (χ1v) is 11.8. The van der Waals surface area contributed by atoms with Crippen LogP contribution in [-0.4, -0.2) is 12.6 Å². The molecule has 0 radical (unpaired) electrons. The van der Waals surface area contributed by atoms with Crippen molar-refractivity contribution in [2.24, 2.45) is 69.0 Å². The van der Waals surface area contributed by atoms with Gasteiger partial charge in [-0.1, -0.05) is 60.6 Å². The van der Waals surface area contributed by atoms with Crippen LogP contribution in [0, 0.1) is 69.0 Å². The van der Waals surface area contributed by atoms with Crippen LogP contribution in [0.5, 0.6) is 0 Å². The van der Waals surface area contributed by atoms with Gasteiger partial charge in [0.1, 0.15) is 0 Å². The maximum absolute atomic E-state index is 13.3. The van der Waals surface area contributed by atoms with Gasteiger partial charge in [-0.2, -0.15) is 0 Å². The van der Waals surface area contributed by atoms with E-state index in [4.69, 9.17) is 4.74 Å². The van der Waals surface area contributed by atoms with Gasteiger partial charge in [-0.3, -0.25) is 4.79 Å². The minimum absolute atomic E-state index is 0.0852. The summed E-state index contributed by atoms with van der Waals surface area (Å²) in [5, 5.41) is 0. The van der Waals surface area contributed by atoms with Crippen LogP contribution in [-0.2, 0) is 9.53 Å². The first-order valence-electron chi connectivity index (χ1n) is 11.8. The summed E-state index contributed by atoms with van der Waals surface area (Å²) in [6.45, 7) is 24.8. The topological polar surface area (TPSA) is 26.3 Å². The molecule has 2 heteroatoms. The second-order valence-electron chi connectivity index (χ2n) is 12.4. The first kappa shape index (κ1) is 19.2. The zero-order valence-electron chi connectivity index (χ0n) is 19.3. The molecule has 0 aromatic rings. The van der Waals surface area contributed by atoms with E-state index >= 15 is 0 Å². The van der Waals surface area contributed by atoms with Crippen molar-refractivity contribution < 1.29 is 9.53 Å². The highest BCUT2D eigenvalue weighted by molar-refractivity contribution is 5.79. The molecule has 4 aliphatic carbocycles. The van der Waals surface area contributed by atoms with Crippen LogP contribution in [0.1, 0.15) is 68.2 Å². The van der Waals surface area contributed by atoms with Gasteiger partial charge in [-0.05, 0) is 77.9 Å². The Morgan fingerprint density at radius 1 is 0.964 bits per heavy atom. The molecule has 0 aromatic heterocycles. The monoisotopic (exact) mass is 384 g/mol. The molecule has 12 atom stereocenters. The van der Waals surface area contributed by atoms with Gasteiger partial charge >= 0.3 is 5.97 Å². The van der Waals surface area contributed by atoms with Gasteiger partial charge in [0, 0.05) is 5.41 Å². The van der Waals surface area contributed by atoms with Crippen LogP contribution in [0.4, 0.5) is 0 Å². The molecule has 5 rings (SSSR count). The van der Waals surface area contributed by atoms with Crippen LogP contribution in [0.3, 0.4) is 0 Å². The molecule has 5 fully saturated rings. The fourth-order valence-corrected chi connectivity index (χ4v) is 10.7. The van der Waals surface area contributed by atoms with Crippen LogP contribution in [0.25, 0.3) is 0 Å². The summed E-state index contributed by atoms with van der Waals surface area (Å²) in [5.41, 5.74) is 1.82. The molecule has 28 heavy (non-hydrogen) atoms. The maximum atomic E-state index is 13.3. The summed E-state index contributed by atoms with van der Waals surface area (Å²) >= 11 is 0. The SMILES string of the molecule is C=C1[C@@H](C)[C@]23C[C@@]1(C)C(C)C(C)C2[C@]12COC(=O)[C@](C)(C(C)C(C)C1)C2[C@@H]3C. The van der Waals surface area contributed by atoms with Gasteiger partial charge in [0.05, 0.1) is 12.0 Å². The van der Waals surface area contributed by atoms with Gasteiger partial charge in [-0.25, -0.2) is 0 Å². The molecule has 2 nitrogen and oxygen atoms in total. The highest BCUT2D eigenvalue weighted by atomic mass is 16.5. The summed E-state index contributed by atoms with van der Waals surface area (Å²) in [7, 11) is 0. The minimum Gasteiger partial charge on any atom is -0.465 e. The van der Waals surface area contributed by atoms with Crippen LogP contribution < -0.4 is 0 Å². The van der Waals surface area contributed by atoms with Crippen molar-refractivity contribution in [2.75, 3.05) is 6.61 Å². The lowest BCUT2D eigenvalue weighted by Gasteiger charge is -2.61. The smallest absolute Gasteiger partial charge is 0.312 e. The average Bonchev–Trinajstić information content (AvgIpc) is 2.97. The fourth-order valence-electron chi connectivity index (χ4n) is 10.7. The molecule has 5 aliphatic rings. The van der Waals surface area contributed by atoms with Crippen molar-refractivity contribution in [3.05, 3.63) is 12.2 Å².